The SMILES string of the molecule is O=S(=O)(NCCC1CCCO1)c1ccc(Cl)c(CO)c1Cl. The van der Waals surface area contributed by atoms with Gasteiger partial charge in [-0.25, -0.2) is 13.1 Å². The summed E-state index contributed by atoms with van der Waals surface area (Å²) >= 11 is 11.9. The number of rotatable bonds is 6. The van der Waals surface area contributed by atoms with Crippen molar-refractivity contribution < 1.29 is 18.3 Å². The van der Waals surface area contributed by atoms with Crippen molar-refractivity contribution >= 4 is 33.2 Å². The van der Waals surface area contributed by atoms with Crippen molar-refractivity contribution in [1.29, 1.82) is 0 Å². The highest BCUT2D eigenvalue weighted by molar-refractivity contribution is 7.89. The molecule has 1 aromatic rings. The van der Waals surface area contributed by atoms with Crippen LogP contribution in [0.2, 0.25) is 10.0 Å². The maximum absolute atomic E-state index is 12.2. The van der Waals surface area contributed by atoms with E-state index in [0.29, 0.717) is 6.42 Å². The number of benzene rings is 1. The molecule has 118 valence electrons. The molecule has 0 saturated carbocycles. The van der Waals surface area contributed by atoms with Crippen LogP contribution in [-0.4, -0.2) is 32.8 Å². The molecule has 1 aromatic carbocycles. The Labute approximate surface area is 134 Å². The molecule has 21 heavy (non-hydrogen) atoms. The molecule has 1 aliphatic heterocycles. The molecule has 1 unspecified atom stereocenters. The number of halogens is 2. The van der Waals surface area contributed by atoms with Gasteiger partial charge in [-0.05, 0) is 31.4 Å². The molecule has 0 aliphatic carbocycles. The van der Waals surface area contributed by atoms with Gasteiger partial charge in [0, 0.05) is 23.7 Å². The average molecular weight is 354 g/mol. The summed E-state index contributed by atoms with van der Waals surface area (Å²) in [5, 5.41) is 9.40. The molecule has 0 bridgehead atoms. The minimum atomic E-state index is -3.74. The zero-order valence-corrected chi connectivity index (χ0v) is 13.6. The summed E-state index contributed by atoms with van der Waals surface area (Å²) in [6, 6.07) is 2.74. The van der Waals surface area contributed by atoms with Crippen LogP contribution in [0.25, 0.3) is 0 Å². The number of aliphatic hydroxyl groups excluding tert-OH is 1. The van der Waals surface area contributed by atoms with Crippen LogP contribution < -0.4 is 4.72 Å². The van der Waals surface area contributed by atoms with E-state index >= 15 is 0 Å². The standard InChI is InChI=1S/C13H17Cl2NO4S/c14-11-3-4-12(13(15)10(11)8-17)21(18,19)16-6-5-9-2-1-7-20-9/h3-4,9,16-17H,1-2,5-8H2. The van der Waals surface area contributed by atoms with Crippen LogP contribution >= 0.6 is 23.2 Å². The number of ether oxygens (including phenoxy) is 1. The first-order valence-corrected chi connectivity index (χ1v) is 8.88. The summed E-state index contributed by atoms with van der Waals surface area (Å²) in [7, 11) is -3.74. The van der Waals surface area contributed by atoms with Crippen molar-refractivity contribution in [3.05, 3.63) is 27.7 Å². The lowest BCUT2D eigenvalue weighted by Gasteiger charge is -2.13. The van der Waals surface area contributed by atoms with E-state index in [9.17, 15) is 13.5 Å². The maximum Gasteiger partial charge on any atom is 0.242 e. The monoisotopic (exact) mass is 353 g/mol. The largest absolute Gasteiger partial charge is 0.392 e. The van der Waals surface area contributed by atoms with Gasteiger partial charge in [0.05, 0.1) is 17.7 Å². The number of hydrogen-bond donors (Lipinski definition) is 2. The van der Waals surface area contributed by atoms with Gasteiger partial charge in [-0.3, -0.25) is 0 Å². The third kappa shape index (κ3) is 4.09. The number of nitrogens with one attached hydrogen (secondary N) is 1. The first-order valence-electron chi connectivity index (χ1n) is 6.64. The van der Waals surface area contributed by atoms with Crippen LogP contribution in [0.3, 0.4) is 0 Å². The normalized spacial score (nSPS) is 19.1. The third-order valence-corrected chi connectivity index (χ3v) is 5.78. The second kappa shape index (κ2) is 7.26. The Balaban J connectivity index is 2.08. The van der Waals surface area contributed by atoms with Gasteiger partial charge < -0.3 is 9.84 Å². The lowest BCUT2D eigenvalue weighted by molar-refractivity contribution is 0.105. The molecule has 0 radical (unpaired) electrons. The van der Waals surface area contributed by atoms with E-state index in [1.54, 1.807) is 0 Å². The van der Waals surface area contributed by atoms with E-state index in [1.165, 1.54) is 12.1 Å². The van der Waals surface area contributed by atoms with Crippen LogP contribution in [0.4, 0.5) is 0 Å². The maximum atomic E-state index is 12.2. The topological polar surface area (TPSA) is 75.6 Å². The smallest absolute Gasteiger partial charge is 0.242 e. The molecule has 2 rings (SSSR count). The summed E-state index contributed by atoms with van der Waals surface area (Å²) in [6.07, 6.45) is 2.71. The van der Waals surface area contributed by atoms with Gasteiger partial charge in [0.1, 0.15) is 4.90 Å². The molecule has 1 atom stereocenters. The average Bonchev–Trinajstić information content (AvgIpc) is 2.92. The van der Waals surface area contributed by atoms with Gasteiger partial charge in [-0.1, -0.05) is 23.2 Å². The minimum absolute atomic E-state index is 0.0467. The quantitative estimate of drug-likeness (QED) is 0.822. The predicted molar refractivity (Wildman–Crippen MR) is 81.2 cm³/mol. The summed E-state index contributed by atoms with van der Waals surface area (Å²) < 4.78 is 32.4. The summed E-state index contributed by atoms with van der Waals surface area (Å²) in [4.78, 5) is -0.0787. The van der Waals surface area contributed by atoms with Crippen molar-refractivity contribution in [3.8, 4) is 0 Å². The molecule has 0 amide bonds. The lowest BCUT2D eigenvalue weighted by atomic mass is 10.2. The molecule has 2 N–H and O–H groups in total. The van der Waals surface area contributed by atoms with Crippen molar-refractivity contribution in [3.63, 3.8) is 0 Å². The van der Waals surface area contributed by atoms with E-state index < -0.39 is 16.6 Å². The molecule has 8 heteroatoms. The molecule has 5 nitrogen and oxygen atoms in total. The molecule has 1 heterocycles. The fourth-order valence-corrected chi connectivity index (χ4v) is 4.18. The Morgan fingerprint density at radius 2 is 2.14 bits per heavy atom. The van der Waals surface area contributed by atoms with E-state index in [1.807, 2.05) is 0 Å². The van der Waals surface area contributed by atoms with Crippen LogP contribution in [0, 0.1) is 0 Å². The van der Waals surface area contributed by atoms with Crippen molar-refractivity contribution in [1.82, 2.24) is 4.72 Å². The van der Waals surface area contributed by atoms with Crippen molar-refractivity contribution in [2.75, 3.05) is 13.2 Å². The number of sulfonamides is 1. The Bertz CT molecular complexity index is 600. The predicted octanol–water partition coefficient (Wildman–Crippen LogP) is 2.33. The first kappa shape index (κ1) is 17.0. The van der Waals surface area contributed by atoms with Gasteiger partial charge in [0.2, 0.25) is 10.0 Å². The lowest BCUT2D eigenvalue weighted by Crippen LogP contribution is -2.27. The fourth-order valence-electron chi connectivity index (χ4n) is 2.23. The molecular formula is C13H17Cl2NO4S. The summed E-state index contributed by atoms with van der Waals surface area (Å²) in [5.41, 5.74) is 0.209. The molecule has 1 aliphatic rings. The third-order valence-electron chi connectivity index (χ3n) is 3.38. The Morgan fingerprint density at radius 1 is 1.38 bits per heavy atom. The van der Waals surface area contributed by atoms with Gasteiger partial charge in [-0.15, -0.1) is 0 Å². The summed E-state index contributed by atoms with van der Waals surface area (Å²) in [5.74, 6) is 0. The number of aliphatic hydroxyl groups is 1. The second-order valence-electron chi connectivity index (χ2n) is 4.82. The minimum Gasteiger partial charge on any atom is -0.392 e. The van der Waals surface area contributed by atoms with Gasteiger partial charge in [0.25, 0.3) is 0 Å². The molecule has 1 fully saturated rings. The van der Waals surface area contributed by atoms with Gasteiger partial charge in [-0.2, -0.15) is 0 Å². The van der Waals surface area contributed by atoms with E-state index in [4.69, 9.17) is 27.9 Å². The fraction of sp³-hybridized carbons (Fsp3) is 0.538. The van der Waals surface area contributed by atoms with Crippen LogP contribution in [0.15, 0.2) is 17.0 Å². The first-order chi connectivity index (χ1) is 9.95. The Morgan fingerprint density at radius 3 is 2.76 bits per heavy atom. The molecule has 1 saturated heterocycles. The molecular weight excluding hydrogens is 337 g/mol. The zero-order chi connectivity index (χ0) is 15.5. The highest BCUT2D eigenvalue weighted by Crippen LogP contribution is 2.31. The number of hydrogen-bond acceptors (Lipinski definition) is 4. The zero-order valence-electron chi connectivity index (χ0n) is 11.3. The van der Waals surface area contributed by atoms with Crippen LogP contribution in [-0.2, 0) is 21.4 Å². The molecule has 0 aromatic heterocycles. The molecule has 0 spiro atoms. The van der Waals surface area contributed by atoms with Crippen molar-refractivity contribution in [2.45, 2.75) is 36.9 Å². The van der Waals surface area contributed by atoms with Crippen molar-refractivity contribution in [2.24, 2.45) is 0 Å². The Hall–Kier alpha value is -0.370. The van der Waals surface area contributed by atoms with E-state index in [-0.39, 0.29) is 33.2 Å². The summed E-state index contributed by atoms with van der Waals surface area (Å²) in [6.45, 7) is 0.595. The van der Waals surface area contributed by atoms with E-state index in [2.05, 4.69) is 4.72 Å². The highest BCUT2D eigenvalue weighted by atomic mass is 35.5. The second-order valence-corrected chi connectivity index (χ2v) is 7.34. The van der Waals surface area contributed by atoms with Crippen LogP contribution in [0.1, 0.15) is 24.8 Å². The van der Waals surface area contributed by atoms with Gasteiger partial charge in [0.15, 0.2) is 0 Å². The Kier molecular flexibility index (Phi) is 5.88. The van der Waals surface area contributed by atoms with Gasteiger partial charge >= 0.3 is 0 Å². The van der Waals surface area contributed by atoms with Crippen LogP contribution in [0.5, 0.6) is 0 Å². The highest BCUT2D eigenvalue weighted by Gasteiger charge is 2.22. The van der Waals surface area contributed by atoms with E-state index in [0.717, 1.165) is 19.4 Å².